The molecule has 388 valence electrons. The zero-order valence-corrected chi connectivity index (χ0v) is 42.3. The van der Waals surface area contributed by atoms with Gasteiger partial charge in [-0.1, -0.05) is 21.9 Å². The Balaban J connectivity index is 0.000000261. The molecule has 6 rings (SSSR count). The van der Waals surface area contributed by atoms with E-state index in [1.807, 2.05) is 0 Å². The molecule has 4 aromatic rings. The lowest BCUT2D eigenvalue weighted by Crippen LogP contribution is -2.67. The summed E-state index contributed by atoms with van der Waals surface area (Å²) in [4.78, 5) is 0. The van der Waals surface area contributed by atoms with Gasteiger partial charge in [-0.05, 0) is 122 Å². The van der Waals surface area contributed by atoms with Gasteiger partial charge in [-0.15, -0.1) is 0 Å². The Morgan fingerprint density at radius 1 is 0.300 bits per heavy atom. The first-order valence-electron chi connectivity index (χ1n) is 21.8. The molecule has 0 bridgehead atoms. The maximum Gasteiger partial charge on any atom is 0.220 e. The van der Waals surface area contributed by atoms with E-state index in [0.29, 0.717) is 0 Å². The Morgan fingerprint density at radius 2 is 0.471 bits per heavy atom. The molecule has 0 saturated heterocycles. The van der Waals surface area contributed by atoms with Gasteiger partial charge >= 0.3 is 0 Å². The molecule has 2 nitrogen and oxygen atoms in total. The van der Waals surface area contributed by atoms with Crippen LogP contribution in [0.15, 0.2) is 0 Å². The van der Waals surface area contributed by atoms with Gasteiger partial charge in [-0.3, -0.25) is 0 Å². The number of rotatable bonds is 6. The van der Waals surface area contributed by atoms with E-state index in [1.54, 1.807) is 83.1 Å². The van der Waals surface area contributed by atoms with Crippen molar-refractivity contribution >= 4 is 59.7 Å². The van der Waals surface area contributed by atoms with Crippen LogP contribution in [-0.4, -0.2) is 58.7 Å². The highest BCUT2D eigenvalue weighted by Crippen LogP contribution is 2.79. The van der Waals surface area contributed by atoms with Crippen molar-refractivity contribution in [2.24, 2.45) is 0 Å². The largest absolute Gasteiger partial charge is 0.580 e. The number of hydrogen-bond acceptors (Lipinski definition) is 2. The molecule has 0 N–H and O–H groups in total. The molecule has 24 heteroatoms. The van der Waals surface area contributed by atoms with Gasteiger partial charge in [-0.2, -0.15) is 8.78 Å². The zero-order valence-electron chi connectivity index (χ0n) is 40.5. The maximum absolute atomic E-state index is 15.6. The number of hydrogen-bond donors (Lipinski definition) is 0. The van der Waals surface area contributed by atoms with E-state index in [2.05, 4.69) is 0 Å². The molecule has 0 amide bonds. The van der Waals surface area contributed by atoms with Gasteiger partial charge in [0.2, 0.25) is 36.0 Å². The summed E-state index contributed by atoms with van der Waals surface area (Å²) in [7, 11) is -6.81. The lowest BCUT2D eigenvalue weighted by molar-refractivity contribution is 0.333. The minimum atomic E-state index is -3.79. The highest BCUT2D eigenvalue weighted by atomic mass is 31.2. The van der Waals surface area contributed by atoms with Crippen LogP contribution >= 0.6 is 14.5 Å². The molecule has 0 aliphatic carbocycles. The second-order valence-corrected chi connectivity index (χ2v) is 31.7. The molecule has 0 unspecified atom stereocenters. The molecule has 2 aliphatic heterocycles. The predicted octanol–water partition coefficient (Wildman–Crippen LogP) is 11.7. The first-order chi connectivity index (χ1) is 31.7. The SMILES string of the molecule is CCO[B@-]1(c2c(F)c(F)c(F)c(F)c2F)C[P+](C(C)(C)C)(C(C)(C)C)c2c(F)c(F)c(F)c(F)c21.CCO[B@-]1(c2c(F)c(F)c(F)c(F)c2F)C[P+](C(C)(C)C)(C(C)(C)C)c2c(F)c(F)c(F)c(F)c21. The Bertz CT molecular complexity index is 2540. The van der Waals surface area contributed by atoms with Gasteiger partial charge in [0.15, 0.2) is 46.5 Å². The van der Waals surface area contributed by atoms with Crippen LogP contribution in [0.3, 0.4) is 0 Å². The second kappa shape index (κ2) is 18.2. The summed E-state index contributed by atoms with van der Waals surface area (Å²) in [5, 5.41) is -5.37. The molecule has 2 atom stereocenters. The topological polar surface area (TPSA) is 18.5 Å². The van der Waals surface area contributed by atoms with Crippen molar-refractivity contribution in [2.75, 3.05) is 25.3 Å². The van der Waals surface area contributed by atoms with Gasteiger partial charge in [0, 0.05) is 14.5 Å². The van der Waals surface area contributed by atoms with Crippen LogP contribution in [0.1, 0.15) is 96.9 Å². The van der Waals surface area contributed by atoms with Gasteiger partial charge in [0.25, 0.3) is 0 Å². The van der Waals surface area contributed by atoms with Crippen molar-refractivity contribution < 1.29 is 88.3 Å². The van der Waals surface area contributed by atoms with Crippen LogP contribution in [0.5, 0.6) is 0 Å². The summed E-state index contributed by atoms with van der Waals surface area (Å²) < 4.78 is 278. The number of fused-ring (bicyclic) bond motifs is 2. The second-order valence-electron chi connectivity index (χ2n) is 21.5. The van der Waals surface area contributed by atoms with E-state index < -0.39 is 210 Å². The summed E-state index contributed by atoms with van der Waals surface area (Å²) in [5.74, 6) is -39.6. The Hall–Kier alpha value is -3.47. The first-order valence-corrected chi connectivity index (χ1v) is 25.8. The van der Waals surface area contributed by atoms with Crippen LogP contribution in [0, 0.1) is 105 Å². The molecule has 70 heavy (non-hydrogen) atoms. The highest BCUT2D eigenvalue weighted by Gasteiger charge is 2.71. The van der Waals surface area contributed by atoms with Crippen LogP contribution in [0.2, 0.25) is 0 Å². The van der Waals surface area contributed by atoms with Gasteiger partial charge in [0.1, 0.15) is 45.5 Å². The van der Waals surface area contributed by atoms with Gasteiger partial charge < -0.3 is 9.31 Å². The van der Waals surface area contributed by atoms with Crippen molar-refractivity contribution in [3.63, 3.8) is 0 Å². The Labute approximate surface area is 394 Å². The fraction of sp³-hybridized carbons (Fsp3) is 0.478. The maximum atomic E-state index is 15.6. The monoisotopic (exact) mass is 1060 g/mol. The van der Waals surface area contributed by atoms with E-state index in [1.165, 1.54) is 13.8 Å². The molecule has 0 radical (unpaired) electrons. The molecule has 4 aromatic carbocycles. The Morgan fingerprint density at radius 3 is 0.657 bits per heavy atom. The summed E-state index contributed by atoms with van der Waals surface area (Å²) in [6.45, 7) is 21.2. The summed E-state index contributed by atoms with van der Waals surface area (Å²) in [5.41, 5.74) is -5.07. The Kier molecular flexibility index (Phi) is 14.9. The van der Waals surface area contributed by atoms with Gasteiger partial charge in [0.05, 0.1) is 20.6 Å². The standard InChI is InChI=1S/2C23H25BF9OP/c2*1-8-34-24(10-12(25)15(28)18(31)16(29)13(10)26)9-35(22(2,3)4,23(5,6)7)21-11(24)14(27)17(30)19(32)20(21)33/h2*8-9H2,1-7H3/t2*24-/m00/s1. The van der Waals surface area contributed by atoms with Crippen molar-refractivity contribution in [1.82, 2.24) is 0 Å². The molecule has 0 spiro atoms. The van der Waals surface area contributed by atoms with Crippen molar-refractivity contribution in [3.8, 4) is 0 Å². The van der Waals surface area contributed by atoms with E-state index in [4.69, 9.17) is 9.31 Å². The zero-order chi connectivity index (χ0) is 54.1. The highest BCUT2D eigenvalue weighted by molar-refractivity contribution is 7.90. The fourth-order valence-corrected chi connectivity index (χ4v) is 26.0. The quantitative estimate of drug-likeness (QED) is 0.0630. The number of halogens is 18. The van der Waals surface area contributed by atoms with Crippen LogP contribution in [-0.2, 0) is 9.31 Å². The van der Waals surface area contributed by atoms with Crippen LogP contribution < -0.4 is 32.5 Å². The smallest absolute Gasteiger partial charge is 0.220 e. The third-order valence-electron chi connectivity index (χ3n) is 14.2. The van der Waals surface area contributed by atoms with Crippen molar-refractivity contribution in [2.45, 2.75) is 118 Å². The third kappa shape index (κ3) is 7.65. The average molecular weight is 1060 g/mol. The lowest BCUT2D eigenvalue weighted by Gasteiger charge is -2.48. The van der Waals surface area contributed by atoms with Crippen LogP contribution in [0.4, 0.5) is 79.0 Å². The average Bonchev–Trinajstić information content (AvgIpc) is 3.75. The van der Waals surface area contributed by atoms with E-state index in [-0.39, 0.29) is 0 Å². The van der Waals surface area contributed by atoms with E-state index in [0.717, 1.165) is 0 Å². The normalized spacial score (nSPS) is 19.9. The molecule has 2 heterocycles. The van der Waals surface area contributed by atoms with E-state index in [9.17, 15) is 43.9 Å². The van der Waals surface area contributed by atoms with Gasteiger partial charge in [-0.25, -0.2) is 70.2 Å². The molecule has 0 fully saturated rings. The minimum Gasteiger partial charge on any atom is -0.580 e. The predicted molar refractivity (Wildman–Crippen MR) is 240 cm³/mol. The summed E-state index contributed by atoms with van der Waals surface area (Å²) in [6.07, 6.45) is -7.58. The van der Waals surface area contributed by atoms with E-state index >= 15 is 35.1 Å². The first kappa shape index (κ1) is 57.4. The molecule has 0 aromatic heterocycles. The number of benzene rings is 4. The molecule has 0 saturated carbocycles. The minimum absolute atomic E-state index is 0.437. The van der Waals surface area contributed by atoms with Crippen molar-refractivity contribution in [1.29, 1.82) is 0 Å². The summed E-state index contributed by atoms with van der Waals surface area (Å²) in [6, 6.07) is -1.20. The van der Waals surface area contributed by atoms with Crippen molar-refractivity contribution in [3.05, 3.63) is 105 Å². The van der Waals surface area contributed by atoms with Crippen LogP contribution in [0.25, 0.3) is 0 Å². The lowest BCUT2D eigenvalue weighted by atomic mass is 9.33. The summed E-state index contributed by atoms with van der Waals surface area (Å²) >= 11 is 0. The third-order valence-corrected chi connectivity index (χ3v) is 27.9. The molecular weight excluding hydrogens is 1010 g/mol. The fourth-order valence-electron chi connectivity index (χ4n) is 12.0. The molecular formula is C46H50B2F18O2P2. The molecule has 2 aliphatic rings.